The predicted molar refractivity (Wildman–Crippen MR) is 59.9 cm³/mol. The molecule has 0 saturated carbocycles. The molecule has 0 N–H and O–H groups in total. The minimum absolute atomic E-state index is 0.300. The number of aldehydes is 1. The molecule has 2 heterocycles. The van der Waals surface area contributed by atoms with Gasteiger partial charge in [-0.3, -0.25) is 4.79 Å². The quantitative estimate of drug-likeness (QED) is 0.732. The molecule has 1 saturated heterocycles. The number of nitrogens with zero attached hydrogens (tertiary/aromatic N) is 2. The Morgan fingerprint density at radius 3 is 3.00 bits per heavy atom. The van der Waals surface area contributed by atoms with Gasteiger partial charge >= 0.3 is 0 Å². The van der Waals surface area contributed by atoms with E-state index >= 15 is 0 Å². The maximum Gasteiger partial charge on any atom is 0.186 e. The van der Waals surface area contributed by atoms with Gasteiger partial charge in [0.1, 0.15) is 0 Å². The van der Waals surface area contributed by atoms with E-state index in [4.69, 9.17) is 4.74 Å². The molecule has 1 aromatic heterocycles. The highest BCUT2D eigenvalue weighted by atomic mass is 32.1. The van der Waals surface area contributed by atoms with Gasteiger partial charge in [-0.2, -0.15) is 0 Å². The number of aromatic nitrogens is 1. The number of hydrogen-bond acceptors (Lipinski definition) is 5. The molecule has 5 heteroatoms. The van der Waals surface area contributed by atoms with Crippen LogP contribution in [0, 0.1) is 6.92 Å². The van der Waals surface area contributed by atoms with Crippen LogP contribution in [0.5, 0.6) is 0 Å². The Hall–Kier alpha value is -0.940. The van der Waals surface area contributed by atoms with Crippen molar-refractivity contribution >= 4 is 22.8 Å². The van der Waals surface area contributed by atoms with Gasteiger partial charge in [-0.05, 0) is 13.3 Å². The summed E-state index contributed by atoms with van der Waals surface area (Å²) in [5.41, 5.74) is 0.825. The van der Waals surface area contributed by atoms with Gasteiger partial charge in [0.05, 0.1) is 16.7 Å². The third-order valence-electron chi connectivity index (χ3n) is 2.68. The zero-order valence-electron chi connectivity index (χ0n) is 8.90. The molecule has 0 amide bonds. The van der Waals surface area contributed by atoms with Crippen LogP contribution in [0.1, 0.15) is 21.8 Å². The molecule has 0 aromatic carbocycles. The predicted octanol–water partition coefficient (Wildman–Crippen LogP) is 1.49. The highest BCUT2D eigenvalue weighted by Crippen LogP contribution is 2.28. The molecule has 0 radical (unpaired) electrons. The summed E-state index contributed by atoms with van der Waals surface area (Å²) >= 11 is 1.46. The molecular formula is C10H14N2O2S. The van der Waals surface area contributed by atoms with Crippen molar-refractivity contribution in [3.05, 3.63) is 10.6 Å². The van der Waals surface area contributed by atoms with E-state index in [1.54, 1.807) is 7.11 Å². The molecule has 82 valence electrons. The van der Waals surface area contributed by atoms with Gasteiger partial charge in [0.2, 0.25) is 0 Å². The van der Waals surface area contributed by atoms with Crippen LogP contribution in [0.25, 0.3) is 0 Å². The van der Waals surface area contributed by atoms with E-state index < -0.39 is 0 Å². The van der Waals surface area contributed by atoms with Gasteiger partial charge < -0.3 is 9.64 Å². The lowest BCUT2D eigenvalue weighted by Gasteiger charge is -2.13. The number of thiazole rings is 1. The maximum absolute atomic E-state index is 10.7. The minimum atomic E-state index is 0.300. The van der Waals surface area contributed by atoms with Crippen molar-refractivity contribution in [3.8, 4) is 0 Å². The Labute approximate surface area is 92.9 Å². The largest absolute Gasteiger partial charge is 0.380 e. The summed E-state index contributed by atoms with van der Waals surface area (Å²) in [4.78, 5) is 18.0. The fourth-order valence-corrected chi connectivity index (χ4v) is 2.65. The van der Waals surface area contributed by atoms with E-state index in [1.807, 2.05) is 6.92 Å². The number of rotatable bonds is 3. The number of carbonyl (C=O) groups is 1. The summed E-state index contributed by atoms with van der Waals surface area (Å²) in [7, 11) is 1.73. The molecule has 15 heavy (non-hydrogen) atoms. The number of anilines is 1. The first-order chi connectivity index (χ1) is 7.24. The summed E-state index contributed by atoms with van der Waals surface area (Å²) in [6.45, 7) is 3.71. The van der Waals surface area contributed by atoms with Crippen molar-refractivity contribution in [1.29, 1.82) is 0 Å². The summed E-state index contributed by atoms with van der Waals surface area (Å²) in [5, 5.41) is 0.939. The lowest BCUT2D eigenvalue weighted by Crippen LogP contribution is -2.21. The SMILES string of the molecule is COC1CCN(c2nc(C)c(C=O)s2)C1. The standard InChI is InChI=1S/C10H14N2O2S/c1-7-9(6-13)15-10(11-7)12-4-3-8(5-12)14-2/h6,8H,3-5H2,1-2H3. The molecule has 1 aromatic rings. The molecule has 0 aliphatic carbocycles. The Bertz CT molecular complexity index is 364. The van der Waals surface area contributed by atoms with E-state index in [9.17, 15) is 4.79 Å². The number of hydrogen-bond donors (Lipinski definition) is 0. The van der Waals surface area contributed by atoms with Crippen LogP contribution >= 0.6 is 11.3 Å². The molecule has 1 atom stereocenters. The van der Waals surface area contributed by atoms with Crippen LogP contribution in [0.15, 0.2) is 0 Å². The van der Waals surface area contributed by atoms with E-state index in [0.29, 0.717) is 6.10 Å². The smallest absolute Gasteiger partial charge is 0.186 e. The Morgan fingerprint density at radius 1 is 1.67 bits per heavy atom. The molecule has 1 fully saturated rings. The summed E-state index contributed by atoms with van der Waals surface area (Å²) in [6, 6.07) is 0. The highest BCUT2D eigenvalue weighted by molar-refractivity contribution is 7.17. The summed E-state index contributed by atoms with van der Waals surface area (Å²) in [5.74, 6) is 0. The van der Waals surface area contributed by atoms with Gasteiger partial charge in [0.15, 0.2) is 11.4 Å². The minimum Gasteiger partial charge on any atom is -0.380 e. The lowest BCUT2D eigenvalue weighted by molar-refractivity contribution is 0.112. The first kappa shape index (κ1) is 10.6. The number of carbonyl (C=O) groups excluding carboxylic acids is 1. The van der Waals surface area contributed by atoms with Crippen LogP contribution < -0.4 is 4.90 Å². The molecule has 2 rings (SSSR count). The fourth-order valence-electron chi connectivity index (χ4n) is 1.73. The summed E-state index contributed by atoms with van der Waals surface area (Å²) in [6.07, 6.45) is 2.21. The molecule has 1 unspecified atom stereocenters. The van der Waals surface area contributed by atoms with Crippen LogP contribution in [-0.4, -0.2) is 37.6 Å². The normalized spacial score (nSPS) is 20.9. The van der Waals surface area contributed by atoms with Crippen molar-refractivity contribution in [1.82, 2.24) is 4.98 Å². The van der Waals surface area contributed by atoms with E-state index in [2.05, 4.69) is 9.88 Å². The topological polar surface area (TPSA) is 42.4 Å². The van der Waals surface area contributed by atoms with Crippen molar-refractivity contribution in [2.75, 3.05) is 25.1 Å². The molecule has 1 aliphatic heterocycles. The van der Waals surface area contributed by atoms with Gasteiger partial charge in [0.25, 0.3) is 0 Å². The van der Waals surface area contributed by atoms with Crippen LogP contribution in [0.3, 0.4) is 0 Å². The fraction of sp³-hybridized carbons (Fsp3) is 0.600. The van der Waals surface area contributed by atoms with Crippen molar-refractivity contribution in [2.24, 2.45) is 0 Å². The number of ether oxygens (including phenoxy) is 1. The maximum atomic E-state index is 10.7. The molecule has 4 nitrogen and oxygen atoms in total. The first-order valence-corrected chi connectivity index (χ1v) is 5.76. The van der Waals surface area contributed by atoms with Crippen LogP contribution in [0.4, 0.5) is 5.13 Å². The van der Waals surface area contributed by atoms with Crippen LogP contribution in [-0.2, 0) is 4.74 Å². The second-order valence-electron chi connectivity index (χ2n) is 3.66. The zero-order valence-corrected chi connectivity index (χ0v) is 9.71. The van der Waals surface area contributed by atoms with E-state index in [1.165, 1.54) is 11.3 Å². The van der Waals surface area contributed by atoms with Gasteiger partial charge in [-0.1, -0.05) is 11.3 Å². The van der Waals surface area contributed by atoms with Crippen molar-refractivity contribution in [2.45, 2.75) is 19.4 Å². The molecule has 1 aliphatic rings. The highest BCUT2D eigenvalue weighted by Gasteiger charge is 2.24. The molecule has 0 bridgehead atoms. The Kier molecular flexibility index (Phi) is 3.02. The average molecular weight is 226 g/mol. The van der Waals surface area contributed by atoms with Crippen molar-refractivity contribution in [3.63, 3.8) is 0 Å². The third kappa shape index (κ3) is 2.03. The third-order valence-corrected chi connectivity index (χ3v) is 3.82. The average Bonchev–Trinajstić information content (AvgIpc) is 2.83. The Morgan fingerprint density at radius 2 is 2.47 bits per heavy atom. The Balaban J connectivity index is 2.13. The second kappa shape index (κ2) is 4.28. The monoisotopic (exact) mass is 226 g/mol. The molecular weight excluding hydrogens is 212 g/mol. The second-order valence-corrected chi connectivity index (χ2v) is 4.67. The van der Waals surface area contributed by atoms with Gasteiger partial charge in [-0.25, -0.2) is 4.98 Å². The van der Waals surface area contributed by atoms with Gasteiger partial charge in [0, 0.05) is 20.2 Å². The summed E-state index contributed by atoms with van der Waals surface area (Å²) < 4.78 is 5.29. The van der Waals surface area contributed by atoms with Gasteiger partial charge in [-0.15, -0.1) is 0 Å². The number of aryl methyl sites for hydroxylation is 1. The zero-order chi connectivity index (χ0) is 10.8. The lowest BCUT2D eigenvalue weighted by atomic mass is 10.3. The number of methoxy groups -OCH3 is 1. The van der Waals surface area contributed by atoms with Crippen molar-refractivity contribution < 1.29 is 9.53 Å². The van der Waals surface area contributed by atoms with E-state index in [0.717, 1.165) is 41.5 Å². The first-order valence-electron chi connectivity index (χ1n) is 4.95. The van der Waals surface area contributed by atoms with Crippen LogP contribution in [0.2, 0.25) is 0 Å². The molecule has 0 spiro atoms. The van der Waals surface area contributed by atoms with E-state index in [-0.39, 0.29) is 0 Å².